The number of nitrogens with one attached hydrogen (secondary N) is 1. The Morgan fingerprint density at radius 3 is 3.11 bits per heavy atom. The third kappa shape index (κ3) is 3.66. The van der Waals surface area contributed by atoms with Crippen molar-refractivity contribution in [3.8, 4) is 0 Å². The van der Waals surface area contributed by atoms with Gasteiger partial charge in [0.25, 0.3) is 5.56 Å². The molecule has 0 amide bonds. The Bertz CT molecular complexity index is 1070. The number of carbonyl (C=O) groups is 1. The zero-order chi connectivity index (χ0) is 19.0. The number of hydrogen-bond donors (Lipinski definition) is 1. The van der Waals surface area contributed by atoms with Crippen molar-refractivity contribution in [2.24, 2.45) is 5.92 Å². The summed E-state index contributed by atoms with van der Waals surface area (Å²) in [5.41, 5.74) is 2.65. The van der Waals surface area contributed by atoms with Crippen molar-refractivity contribution >= 4 is 39.3 Å². The van der Waals surface area contributed by atoms with Gasteiger partial charge in [-0.25, -0.2) is 9.78 Å². The molecule has 0 saturated carbocycles. The third-order valence-electron chi connectivity index (χ3n) is 4.87. The summed E-state index contributed by atoms with van der Waals surface area (Å²) in [7, 11) is 1.37. The fourth-order valence-electron chi connectivity index (χ4n) is 3.46. The average Bonchev–Trinajstić information content (AvgIpc) is 3.03. The molecular formula is C20H20N2O3S2. The normalized spacial score (nSPS) is 16.3. The van der Waals surface area contributed by atoms with E-state index in [1.165, 1.54) is 29.3 Å². The maximum absolute atomic E-state index is 12.6. The second kappa shape index (κ2) is 7.48. The van der Waals surface area contributed by atoms with Crippen LogP contribution >= 0.6 is 23.1 Å². The number of rotatable bonds is 4. The molecule has 0 spiro atoms. The van der Waals surface area contributed by atoms with E-state index in [1.54, 1.807) is 23.5 Å². The van der Waals surface area contributed by atoms with E-state index < -0.39 is 0 Å². The Morgan fingerprint density at radius 2 is 2.30 bits per heavy atom. The first kappa shape index (κ1) is 18.3. The van der Waals surface area contributed by atoms with E-state index in [1.807, 2.05) is 12.1 Å². The standard InChI is InChI=1S/C20H20N2O3S2/c1-11-6-7-14-15(8-11)27-18-16(14)17(23)21-20(22-18)26-10-12-4-3-5-13(9-12)19(24)25-2/h3-5,9,11H,6-8,10H2,1-2H3,(H,21,22,23)/t11-/m0/s1. The van der Waals surface area contributed by atoms with Gasteiger partial charge in [-0.2, -0.15) is 0 Å². The summed E-state index contributed by atoms with van der Waals surface area (Å²) >= 11 is 3.12. The highest BCUT2D eigenvalue weighted by Gasteiger charge is 2.23. The topological polar surface area (TPSA) is 72.0 Å². The number of thioether (sulfide) groups is 1. The Balaban J connectivity index is 1.58. The molecule has 0 bridgehead atoms. The van der Waals surface area contributed by atoms with E-state index in [4.69, 9.17) is 4.74 Å². The third-order valence-corrected chi connectivity index (χ3v) is 6.96. The summed E-state index contributed by atoms with van der Waals surface area (Å²) in [5.74, 6) is 0.926. The van der Waals surface area contributed by atoms with Crippen LogP contribution in [0.4, 0.5) is 0 Å². The molecule has 4 rings (SSSR count). The molecule has 1 aliphatic carbocycles. The number of ether oxygens (including phenoxy) is 1. The van der Waals surface area contributed by atoms with Crippen LogP contribution in [-0.4, -0.2) is 23.0 Å². The fourth-order valence-corrected chi connectivity index (χ4v) is 5.70. The lowest BCUT2D eigenvalue weighted by Crippen LogP contribution is -2.13. The SMILES string of the molecule is COC(=O)c1cccc(CSc2nc3sc4c(c3c(=O)[nH]2)CC[C@H](C)C4)c1. The van der Waals surface area contributed by atoms with Gasteiger partial charge in [0, 0.05) is 10.6 Å². The number of esters is 1. The van der Waals surface area contributed by atoms with E-state index in [-0.39, 0.29) is 11.5 Å². The van der Waals surface area contributed by atoms with Crippen LogP contribution in [0, 0.1) is 5.92 Å². The molecule has 3 aromatic rings. The smallest absolute Gasteiger partial charge is 0.337 e. The number of aryl methyl sites for hydroxylation is 1. The van der Waals surface area contributed by atoms with Crippen LogP contribution in [0.5, 0.6) is 0 Å². The van der Waals surface area contributed by atoms with Gasteiger partial charge in [0.1, 0.15) is 4.83 Å². The number of aromatic amines is 1. The minimum Gasteiger partial charge on any atom is -0.465 e. The molecule has 0 saturated heterocycles. The first-order valence-electron chi connectivity index (χ1n) is 8.89. The van der Waals surface area contributed by atoms with Crippen molar-refractivity contribution in [3.63, 3.8) is 0 Å². The number of thiophene rings is 1. The van der Waals surface area contributed by atoms with Gasteiger partial charge in [-0.15, -0.1) is 11.3 Å². The van der Waals surface area contributed by atoms with Gasteiger partial charge >= 0.3 is 5.97 Å². The van der Waals surface area contributed by atoms with Crippen molar-refractivity contribution in [1.29, 1.82) is 0 Å². The van der Waals surface area contributed by atoms with E-state index in [2.05, 4.69) is 16.9 Å². The summed E-state index contributed by atoms with van der Waals surface area (Å²) in [6, 6.07) is 7.31. The van der Waals surface area contributed by atoms with Gasteiger partial charge in [-0.05, 0) is 48.4 Å². The van der Waals surface area contributed by atoms with Crippen molar-refractivity contribution < 1.29 is 9.53 Å². The second-order valence-corrected chi connectivity index (χ2v) is 8.93. The summed E-state index contributed by atoms with van der Waals surface area (Å²) in [4.78, 5) is 34.1. The number of fused-ring (bicyclic) bond motifs is 3. The minimum atomic E-state index is -0.354. The molecule has 0 radical (unpaired) electrons. The number of nitrogens with zero attached hydrogens (tertiary/aromatic N) is 1. The molecule has 1 aromatic carbocycles. The lowest BCUT2D eigenvalue weighted by atomic mass is 9.89. The number of carbonyl (C=O) groups excluding carboxylic acids is 1. The number of methoxy groups -OCH3 is 1. The highest BCUT2D eigenvalue weighted by atomic mass is 32.2. The fraction of sp³-hybridized carbons (Fsp3) is 0.350. The van der Waals surface area contributed by atoms with Crippen molar-refractivity contribution in [3.05, 3.63) is 56.2 Å². The van der Waals surface area contributed by atoms with E-state index in [0.29, 0.717) is 22.4 Å². The van der Waals surface area contributed by atoms with Crippen LogP contribution < -0.4 is 5.56 Å². The Labute approximate surface area is 165 Å². The molecule has 1 aliphatic rings. The molecule has 1 atom stereocenters. The van der Waals surface area contributed by atoms with Crippen molar-refractivity contribution in [2.75, 3.05) is 7.11 Å². The molecule has 2 aromatic heterocycles. The number of H-pyrrole nitrogens is 1. The molecule has 5 nitrogen and oxygen atoms in total. The highest BCUT2D eigenvalue weighted by molar-refractivity contribution is 7.98. The van der Waals surface area contributed by atoms with E-state index in [0.717, 1.165) is 35.0 Å². The molecule has 27 heavy (non-hydrogen) atoms. The Kier molecular flexibility index (Phi) is 5.06. The lowest BCUT2D eigenvalue weighted by molar-refractivity contribution is 0.0600. The predicted octanol–water partition coefficient (Wildman–Crippen LogP) is 4.19. The Hall–Kier alpha value is -2.12. The van der Waals surface area contributed by atoms with Crippen LogP contribution in [-0.2, 0) is 23.3 Å². The maximum atomic E-state index is 12.6. The van der Waals surface area contributed by atoms with Gasteiger partial charge < -0.3 is 9.72 Å². The minimum absolute atomic E-state index is 0.0436. The summed E-state index contributed by atoms with van der Waals surface area (Å²) in [6.07, 6.45) is 3.14. The zero-order valence-electron chi connectivity index (χ0n) is 15.2. The van der Waals surface area contributed by atoms with Crippen LogP contribution in [0.1, 0.15) is 39.7 Å². The first-order chi connectivity index (χ1) is 13.0. The predicted molar refractivity (Wildman–Crippen MR) is 109 cm³/mol. The summed E-state index contributed by atoms with van der Waals surface area (Å²) in [6.45, 7) is 2.26. The second-order valence-electron chi connectivity index (χ2n) is 6.88. The lowest BCUT2D eigenvalue weighted by Gasteiger charge is -2.17. The van der Waals surface area contributed by atoms with Gasteiger partial charge in [-0.3, -0.25) is 4.79 Å². The molecular weight excluding hydrogens is 380 g/mol. The summed E-state index contributed by atoms with van der Waals surface area (Å²) in [5, 5.41) is 1.39. The van der Waals surface area contributed by atoms with Crippen LogP contribution in [0.3, 0.4) is 0 Å². The molecule has 0 aliphatic heterocycles. The van der Waals surface area contributed by atoms with Gasteiger partial charge in [0.2, 0.25) is 0 Å². The van der Waals surface area contributed by atoms with Crippen LogP contribution in [0.25, 0.3) is 10.2 Å². The van der Waals surface area contributed by atoms with Gasteiger partial charge in [-0.1, -0.05) is 30.8 Å². The number of hydrogen-bond acceptors (Lipinski definition) is 6. The quantitative estimate of drug-likeness (QED) is 0.404. The highest BCUT2D eigenvalue weighted by Crippen LogP contribution is 2.36. The number of aromatic nitrogens is 2. The van der Waals surface area contributed by atoms with E-state index in [9.17, 15) is 9.59 Å². The maximum Gasteiger partial charge on any atom is 0.337 e. The monoisotopic (exact) mass is 400 g/mol. The summed E-state index contributed by atoms with van der Waals surface area (Å²) < 4.78 is 4.76. The van der Waals surface area contributed by atoms with E-state index >= 15 is 0 Å². The molecule has 7 heteroatoms. The zero-order valence-corrected chi connectivity index (χ0v) is 16.8. The van der Waals surface area contributed by atoms with Crippen LogP contribution in [0.2, 0.25) is 0 Å². The molecule has 0 unspecified atom stereocenters. The van der Waals surface area contributed by atoms with Crippen LogP contribution in [0.15, 0.2) is 34.2 Å². The molecule has 2 heterocycles. The first-order valence-corrected chi connectivity index (χ1v) is 10.7. The number of benzene rings is 1. The largest absolute Gasteiger partial charge is 0.465 e. The molecule has 0 fully saturated rings. The Morgan fingerprint density at radius 1 is 1.44 bits per heavy atom. The van der Waals surface area contributed by atoms with Gasteiger partial charge in [0.15, 0.2) is 5.16 Å². The average molecular weight is 401 g/mol. The molecule has 1 N–H and O–H groups in total. The molecule has 140 valence electrons. The van der Waals surface area contributed by atoms with Crippen molar-refractivity contribution in [1.82, 2.24) is 9.97 Å². The van der Waals surface area contributed by atoms with Crippen molar-refractivity contribution in [2.45, 2.75) is 37.1 Å². The van der Waals surface area contributed by atoms with Gasteiger partial charge in [0.05, 0.1) is 18.1 Å².